The largest absolute Gasteiger partial charge is 0.353 e. The maximum absolute atomic E-state index is 12.1. The topological polar surface area (TPSA) is 32.3 Å². The van der Waals surface area contributed by atoms with E-state index in [9.17, 15) is 4.79 Å². The Hall–Kier alpha value is -1.35. The molecule has 1 N–H and O–H groups in total. The number of hydrogen-bond donors (Lipinski definition) is 1. The Morgan fingerprint density at radius 1 is 1.14 bits per heavy atom. The molecule has 1 saturated carbocycles. The summed E-state index contributed by atoms with van der Waals surface area (Å²) in [5, 5.41) is 3.23. The van der Waals surface area contributed by atoms with Gasteiger partial charge in [-0.05, 0) is 44.6 Å². The number of carbonyl (C=O) groups is 1. The molecule has 22 heavy (non-hydrogen) atoms. The number of nitrogens with one attached hydrogen (secondary N) is 1. The third-order valence-corrected chi connectivity index (χ3v) is 5.25. The fourth-order valence-corrected chi connectivity index (χ4v) is 3.47. The van der Waals surface area contributed by atoms with Gasteiger partial charge in [0.2, 0.25) is 5.91 Å². The summed E-state index contributed by atoms with van der Waals surface area (Å²) in [7, 11) is 0. The van der Waals surface area contributed by atoms with E-state index in [2.05, 4.69) is 41.4 Å². The van der Waals surface area contributed by atoms with Crippen molar-refractivity contribution in [3.05, 3.63) is 35.4 Å². The van der Waals surface area contributed by atoms with E-state index < -0.39 is 0 Å². The molecule has 1 amide bonds. The third kappa shape index (κ3) is 4.10. The van der Waals surface area contributed by atoms with Gasteiger partial charge in [-0.1, -0.05) is 36.2 Å². The van der Waals surface area contributed by atoms with Gasteiger partial charge in [0.25, 0.3) is 0 Å². The highest BCUT2D eigenvalue weighted by Crippen LogP contribution is 2.27. The minimum absolute atomic E-state index is 0.211. The number of amides is 1. The molecule has 120 valence electrons. The lowest BCUT2D eigenvalue weighted by molar-refractivity contribution is -0.122. The van der Waals surface area contributed by atoms with Crippen LogP contribution in [0.25, 0.3) is 0 Å². The van der Waals surface area contributed by atoms with Crippen molar-refractivity contribution in [1.29, 1.82) is 0 Å². The number of carbonyl (C=O) groups excluding carboxylic acids is 1. The van der Waals surface area contributed by atoms with Gasteiger partial charge < -0.3 is 10.2 Å². The van der Waals surface area contributed by atoms with Crippen LogP contribution in [0.2, 0.25) is 0 Å². The standard InChI is InChI=1S/C19H28N2O/c1-15-5-7-16(8-6-15)9-10-19(22)20-17-11-13-21(14-12-17)18-3-2-4-18/h5-8,17-18H,2-4,9-14H2,1H3,(H,20,22). The number of likely N-dealkylation sites (tertiary alicyclic amines) is 1. The molecule has 3 nitrogen and oxygen atoms in total. The highest BCUT2D eigenvalue weighted by atomic mass is 16.1. The summed E-state index contributed by atoms with van der Waals surface area (Å²) >= 11 is 0. The zero-order valence-electron chi connectivity index (χ0n) is 13.7. The Kier molecular flexibility index (Phi) is 5.14. The van der Waals surface area contributed by atoms with Crippen LogP contribution in [0, 0.1) is 6.92 Å². The lowest BCUT2D eigenvalue weighted by atomic mass is 9.89. The molecule has 3 heteroatoms. The highest BCUT2D eigenvalue weighted by molar-refractivity contribution is 5.76. The average molecular weight is 300 g/mol. The van der Waals surface area contributed by atoms with E-state index in [4.69, 9.17) is 0 Å². The van der Waals surface area contributed by atoms with Crippen molar-refractivity contribution in [3.8, 4) is 0 Å². The normalized spacial score (nSPS) is 20.6. The van der Waals surface area contributed by atoms with Crippen LogP contribution in [0.1, 0.15) is 49.7 Å². The van der Waals surface area contributed by atoms with Crippen molar-refractivity contribution >= 4 is 5.91 Å². The monoisotopic (exact) mass is 300 g/mol. The Labute approximate surface area is 134 Å². The fraction of sp³-hybridized carbons (Fsp3) is 0.632. The Morgan fingerprint density at radius 2 is 1.82 bits per heavy atom. The number of benzene rings is 1. The first-order valence-corrected chi connectivity index (χ1v) is 8.79. The van der Waals surface area contributed by atoms with Gasteiger partial charge in [0.05, 0.1) is 0 Å². The number of aryl methyl sites for hydroxylation is 2. The highest BCUT2D eigenvalue weighted by Gasteiger charge is 2.28. The van der Waals surface area contributed by atoms with E-state index in [0.717, 1.165) is 38.4 Å². The molecule has 1 aromatic carbocycles. The van der Waals surface area contributed by atoms with E-state index in [1.807, 2.05) is 0 Å². The zero-order valence-corrected chi connectivity index (χ0v) is 13.7. The molecular formula is C19H28N2O. The average Bonchev–Trinajstić information content (AvgIpc) is 2.47. The van der Waals surface area contributed by atoms with Crippen LogP contribution in [0.15, 0.2) is 24.3 Å². The van der Waals surface area contributed by atoms with Gasteiger partial charge in [0.1, 0.15) is 0 Å². The van der Waals surface area contributed by atoms with E-state index in [1.54, 1.807) is 0 Å². The molecule has 1 aromatic rings. The first-order chi connectivity index (χ1) is 10.7. The number of nitrogens with zero attached hydrogens (tertiary/aromatic N) is 1. The van der Waals surface area contributed by atoms with Gasteiger partial charge in [-0.15, -0.1) is 0 Å². The summed E-state index contributed by atoms with van der Waals surface area (Å²) in [5.74, 6) is 0.211. The van der Waals surface area contributed by atoms with Gasteiger partial charge in [-0.25, -0.2) is 0 Å². The molecule has 1 heterocycles. The van der Waals surface area contributed by atoms with E-state index in [-0.39, 0.29) is 5.91 Å². The maximum atomic E-state index is 12.1. The molecule has 1 aliphatic carbocycles. The molecule has 3 rings (SSSR count). The first-order valence-electron chi connectivity index (χ1n) is 8.79. The molecule has 0 atom stereocenters. The molecule has 0 unspecified atom stereocenters. The second kappa shape index (κ2) is 7.28. The second-order valence-corrected chi connectivity index (χ2v) is 6.95. The third-order valence-electron chi connectivity index (χ3n) is 5.25. The Bertz CT molecular complexity index is 485. The molecule has 0 spiro atoms. The van der Waals surface area contributed by atoms with Gasteiger partial charge >= 0.3 is 0 Å². The maximum Gasteiger partial charge on any atom is 0.220 e. The summed E-state index contributed by atoms with van der Waals surface area (Å²) < 4.78 is 0. The molecule has 1 saturated heterocycles. The van der Waals surface area contributed by atoms with Crippen molar-refractivity contribution in [1.82, 2.24) is 10.2 Å². The smallest absolute Gasteiger partial charge is 0.220 e. The summed E-state index contributed by atoms with van der Waals surface area (Å²) in [4.78, 5) is 14.7. The molecule has 0 radical (unpaired) electrons. The lowest BCUT2D eigenvalue weighted by Gasteiger charge is -2.41. The van der Waals surface area contributed by atoms with Crippen LogP contribution in [0.5, 0.6) is 0 Å². The predicted molar refractivity (Wildman–Crippen MR) is 89.9 cm³/mol. The summed E-state index contributed by atoms with van der Waals surface area (Å²) in [6, 6.07) is 9.71. The van der Waals surface area contributed by atoms with Gasteiger partial charge in [0, 0.05) is 31.6 Å². The summed E-state index contributed by atoms with van der Waals surface area (Å²) in [6.45, 7) is 4.41. The minimum atomic E-state index is 0.211. The van der Waals surface area contributed by atoms with Gasteiger partial charge in [-0.2, -0.15) is 0 Å². The zero-order chi connectivity index (χ0) is 15.4. The van der Waals surface area contributed by atoms with E-state index in [1.165, 1.54) is 30.4 Å². The van der Waals surface area contributed by atoms with Gasteiger partial charge in [0.15, 0.2) is 0 Å². The van der Waals surface area contributed by atoms with Crippen molar-refractivity contribution < 1.29 is 4.79 Å². The molecule has 2 aliphatic rings. The minimum Gasteiger partial charge on any atom is -0.353 e. The van der Waals surface area contributed by atoms with Crippen molar-refractivity contribution in [2.45, 2.75) is 64.0 Å². The molecule has 0 bridgehead atoms. The van der Waals surface area contributed by atoms with Crippen LogP contribution < -0.4 is 5.32 Å². The van der Waals surface area contributed by atoms with Crippen LogP contribution in [0.4, 0.5) is 0 Å². The quantitative estimate of drug-likeness (QED) is 0.906. The molecule has 0 aromatic heterocycles. The first kappa shape index (κ1) is 15.5. The van der Waals surface area contributed by atoms with Crippen molar-refractivity contribution in [2.24, 2.45) is 0 Å². The van der Waals surface area contributed by atoms with Crippen LogP contribution in [0.3, 0.4) is 0 Å². The van der Waals surface area contributed by atoms with Crippen molar-refractivity contribution in [2.75, 3.05) is 13.1 Å². The molecule has 1 aliphatic heterocycles. The van der Waals surface area contributed by atoms with Crippen LogP contribution >= 0.6 is 0 Å². The summed E-state index contributed by atoms with van der Waals surface area (Å²) in [5.41, 5.74) is 2.52. The fourth-order valence-electron chi connectivity index (χ4n) is 3.47. The van der Waals surface area contributed by atoms with E-state index >= 15 is 0 Å². The van der Waals surface area contributed by atoms with Crippen LogP contribution in [-0.2, 0) is 11.2 Å². The Morgan fingerprint density at radius 3 is 2.41 bits per heavy atom. The predicted octanol–water partition coefficient (Wildman–Crippen LogP) is 3.06. The lowest BCUT2D eigenvalue weighted by Crippen LogP contribution is -2.49. The second-order valence-electron chi connectivity index (χ2n) is 6.95. The number of rotatable bonds is 5. The SMILES string of the molecule is Cc1ccc(CCC(=O)NC2CCN(C3CCC3)CC2)cc1. The number of hydrogen-bond acceptors (Lipinski definition) is 2. The molecular weight excluding hydrogens is 272 g/mol. The van der Waals surface area contributed by atoms with Crippen molar-refractivity contribution in [3.63, 3.8) is 0 Å². The molecule has 2 fully saturated rings. The van der Waals surface area contributed by atoms with Crippen LogP contribution in [-0.4, -0.2) is 36.0 Å². The summed E-state index contributed by atoms with van der Waals surface area (Å²) in [6.07, 6.45) is 7.85. The van der Waals surface area contributed by atoms with Gasteiger partial charge in [-0.3, -0.25) is 4.79 Å². The number of piperidine rings is 1. The van der Waals surface area contributed by atoms with E-state index in [0.29, 0.717) is 12.5 Å². The Balaban J connectivity index is 1.36.